The van der Waals surface area contributed by atoms with Gasteiger partial charge in [-0.1, -0.05) is 18.6 Å². The van der Waals surface area contributed by atoms with Crippen molar-refractivity contribution in [2.45, 2.75) is 38.6 Å². The van der Waals surface area contributed by atoms with Crippen LogP contribution in [-0.2, 0) is 19.4 Å². The fraction of sp³-hybridized carbons (Fsp3) is 0.375. The van der Waals surface area contributed by atoms with Gasteiger partial charge in [0.05, 0.1) is 5.69 Å². The van der Waals surface area contributed by atoms with Gasteiger partial charge in [-0.05, 0) is 43.4 Å². The Labute approximate surface area is 132 Å². The summed E-state index contributed by atoms with van der Waals surface area (Å²) in [5, 5.41) is 6.19. The fourth-order valence-corrected chi connectivity index (χ4v) is 3.55. The van der Waals surface area contributed by atoms with Crippen LogP contribution in [0.1, 0.15) is 35.4 Å². The number of fused-ring (bicyclic) bond motifs is 1. The Morgan fingerprint density at radius 1 is 1.18 bits per heavy atom. The lowest BCUT2D eigenvalue weighted by Crippen LogP contribution is -2.28. The molecule has 1 aliphatic rings. The number of hydrogen-bond acceptors (Lipinski definition) is 3. The fourth-order valence-electron chi connectivity index (χ4n) is 2.51. The average Bonchev–Trinajstić information content (AvgIpc) is 2.75. The number of urea groups is 1. The first-order valence-electron chi connectivity index (χ1n) is 7.48. The Morgan fingerprint density at radius 2 is 1.95 bits per heavy atom. The number of nitrogens with zero attached hydrogens (tertiary/aromatic N) is 1. The van der Waals surface area contributed by atoms with Crippen LogP contribution < -0.4 is 10.6 Å². The largest absolute Gasteiger partial charge is 0.334 e. The molecule has 0 saturated carbocycles. The molecule has 22 heavy (non-hydrogen) atoms. The molecule has 2 N–H and O–H groups in total. The second-order valence-electron chi connectivity index (χ2n) is 5.38. The number of rotatable bonds is 3. The van der Waals surface area contributed by atoms with E-state index in [4.69, 9.17) is 0 Å². The first kappa shape index (κ1) is 15.0. The molecule has 4 nitrogen and oxygen atoms in total. The monoisotopic (exact) mass is 319 g/mol. The number of halogens is 1. The van der Waals surface area contributed by atoms with Gasteiger partial charge in [0.15, 0.2) is 5.13 Å². The number of nitrogens with one attached hydrogen (secondary N) is 2. The van der Waals surface area contributed by atoms with E-state index in [1.807, 2.05) is 0 Å². The van der Waals surface area contributed by atoms with Gasteiger partial charge in [0.2, 0.25) is 0 Å². The van der Waals surface area contributed by atoms with Crippen LogP contribution in [0, 0.1) is 5.82 Å². The van der Waals surface area contributed by atoms with Crippen molar-refractivity contribution in [3.05, 3.63) is 46.2 Å². The zero-order chi connectivity index (χ0) is 15.4. The van der Waals surface area contributed by atoms with Gasteiger partial charge < -0.3 is 5.32 Å². The van der Waals surface area contributed by atoms with E-state index in [1.54, 1.807) is 23.5 Å². The van der Waals surface area contributed by atoms with Crippen molar-refractivity contribution in [2.75, 3.05) is 5.32 Å². The van der Waals surface area contributed by atoms with Gasteiger partial charge in [-0.2, -0.15) is 0 Å². The molecule has 2 amide bonds. The minimum absolute atomic E-state index is 0.280. The predicted molar refractivity (Wildman–Crippen MR) is 85.6 cm³/mol. The molecular formula is C16H18FN3OS. The van der Waals surface area contributed by atoms with E-state index in [-0.39, 0.29) is 11.8 Å². The predicted octanol–water partition coefficient (Wildman–Crippen LogP) is 3.87. The molecule has 1 aromatic heterocycles. The van der Waals surface area contributed by atoms with Crippen molar-refractivity contribution in [1.82, 2.24) is 10.3 Å². The maximum absolute atomic E-state index is 12.8. The highest BCUT2D eigenvalue weighted by atomic mass is 32.1. The molecule has 0 aliphatic heterocycles. The zero-order valence-corrected chi connectivity index (χ0v) is 13.0. The minimum atomic E-state index is -0.284. The topological polar surface area (TPSA) is 54.0 Å². The number of anilines is 1. The van der Waals surface area contributed by atoms with Gasteiger partial charge in [0, 0.05) is 11.4 Å². The standard InChI is InChI=1S/C16H18FN3OS/c17-12-8-6-11(7-9-12)10-18-15(21)20-16-19-13-4-2-1-3-5-14(13)22-16/h6-9H,1-5,10H2,(H2,18,19,20,21). The Hall–Kier alpha value is -1.95. The summed E-state index contributed by atoms with van der Waals surface area (Å²) in [6.07, 6.45) is 5.69. The van der Waals surface area contributed by atoms with E-state index in [9.17, 15) is 9.18 Å². The third-order valence-electron chi connectivity index (χ3n) is 3.68. The van der Waals surface area contributed by atoms with Crippen LogP contribution in [0.5, 0.6) is 0 Å². The molecule has 1 heterocycles. The number of thiazole rings is 1. The van der Waals surface area contributed by atoms with Gasteiger partial charge in [-0.25, -0.2) is 14.2 Å². The highest BCUT2D eigenvalue weighted by Crippen LogP contribution is 2.28. The molecule has 0 unspecified atom stereocenters. The maximum atomic E-state index is 12.8. The molecule has 0 spiro atoms. The average molecular weight is 319 g/mol. The molecule has 1 aromatic carbocycles. The second-order valence-corrected chi connectivity index (χ2v) is 6.47. The Morgan fingerprint density at radius 3 is 2.77 bits per heavy atom. The van der Waals surface area contributed by atoms with Crippen LogP contribution in [0.3, 0.4) is 0 Å². The first-order valence-corrected chi connectivity index (χ1v) is 8.30. The van der Waals surface area contributed by atoms with Gasteiger partial charge in [0.25, 0.3) is 0 Å². The number of aryl methyl sites for hydroxylation is 2. The summed E-state index contributed by atoms with van der Waals surface area (Å²) in [4.78, 5) is 17.7. The summed E-state index contributed by atoms with van der Waals surface area (Å²) in [5.41, 5.74) is 1.99. The summed E-state index contributed by atoms with van der Waals surface area (Å²) >= 11 is 1.57. The van der Waals surface area contributed by atoms with E-state index >= 15 is 0 Å². The van der Waals surface area contributed by atoms with E-state index in [1.165, 1.54) is 36.3 Å². The van der Waals surface area contributed by atoms with E-state index in [0.717, 1.165) is 24.1 Å². The lowest BCUT2D eigenvalue weighted by Gasteiger charge is -2.05. The second kappa shape index (κ2) is 6.87. The zero-order valence-electron chi connectivity index (χ0n) is 12.2. The van der Waals surface area contributed by atoms with Crippen LogP contribution in [0.2, 0.25) is 0 Å². The molecule has 0 radical (unpaired) electrons. The third kappa shape index (κ3) is 3.82. The number of amides is 2. The third-order valence-corrected chi connectivity index (χ3v) is 4.76. The van der Waals surface area contributed by atoms with E-state index in [2.05, 4.69) is 15.6 Å². The van der Waals surface area contributed by atoms with Gasteiger partial charge in [0.1, 0.15) is 5.82 Å². The molecule has 6 heteroatoms. The molecule has 0 bridgehead atoms. The van der Waals surface area contributed by atoms with E-state index < -0.39 is 0 Å². The quantitative estimate of drug-likeness (QED) is 0.844. The first-order chi connectivity index (χ1) is 10.7. The molecule has 1 aliphatic carbocycles. The Bertz CT molecular complexity index is 630. The number of carbonyl (C=O) groups is 1. The summed E-state index contributed by atoms with van der Waals surface area (Å²) in [5.74, 6) is -0.280. The van der Waals surface area contributed by atoms with Crippen LogP contribution in [0.25, 0.3) is 0 Å². The van der Waals surface area contributed by atoms with Crippen molar-refractivity contribution in [1.29, 1.82) is 0 Å². The summed E-state index contributed by atoms with van der Waals surface area (Å²) in [6, 6.07) is 5.79. The van der Waals surface area contributed by atoms with Crippen LogP contribution in [0.15, 0.2) is 24.3 Å². The van der Waals surface area contributed by atoms with Gasteiger partial charge in [-0.3, -0.25) is 5.32 Å². The molecule has 0 fully saturated rings. The molecule has 116 valence electrons. The Kier molecular flexibility index (Phi) is 4.68. The Balaban J connectivity index is 1.54. The molecule has 0 atom stereocenters. The lowest BCUT2D eigenvalue weighted by atomic mass is 10.2. The molecule has 0 saturated heterocycles. The highest BCUT2D eigenvalue weighted by molar-refractivity contribution is 7.15. The molecular weight excluding hydrogens is 301 g/mol. The lowest BCUT2D eigenvalue weighted by molar-refractivity contribution is 0.251. The SMILES string of the molecule is O=C(NCc1ccc(F)cc1)Nc1nc2c(s1)CCCCC2. The summed E-state index contributed by atoms with van der Waals surface area (Å²) in [7, 11) is 0. The van der Waals surface area contributed by atoms with Crippen LogP contribution >= 0.6 is 11.3 Å². The number of aromatic nitrogens is 1. The number of carbonyl (C=O) groups excluding carboxylic acids is 1. The van der Waals surface area contributed by atoms with Crippen molar-refractivity contribution in [3.63, 3.8) is 0 Å². The highest BCUT2D eigenvalue weighted by Gasteiger charge is 2.15. The smallest absolute Gasteiger partial charge is 0.321 e. The van der Waals surface area contributed by atoms with Crippen LogP contribution in [0.4, 0.5) is 14.3 Å². The number of benzene rings is 1. The molecule has 2 aromatic rings. The van der Waals surface area contributed by atoms with Crippen LogP contribution in [-0.4, -0.2) is 11.0 Å². The van der Waals surface area contributed by atoms with E-state index in [0.29, 0.717) is 11.7 Å². The van der Waals surface area contributed by atoms with Crippen molar-refractivity contribution in [3.8, 4) is 0 Å². The summed E-state index contributed by atoms with van der Waals surface area (Å²) < 4.78 is 12.8. The maximum Gasteiger partial charge on any atom is 0.321 e. The van der Waals surface area contributed by atoms with Gasteiger partial charge >= 0.3 is 6.03 Å². The minimum Gasteiger partial charge on any atom is -0.334 e. The number of hydrogen-bond donors (Lipinski definition) is 2. The van der Waals surface area contributed by atoms with Gasteiger partial charge in [-0.15, -0.1) is 11.3 Å². The molecule has 3 rings (SSSR count). The normalized spacial score (nSPS) is 14.0. The van der Waals surface area contributed by atoms with Crippen molar-refractivity contribution >= 4 is 22.5 Å². The van der Waals surface area contributed by atoms with Crippen molar-refractivity contribution in [2.24, 2.45) is 0 Å². The summed E-state index contributed by atoms with van der Waals surface area (Å²) in [6.45, 7) is 0.358. The van der Waals surface area contributed by atoms with Crippen molar-refractivity contribution < 1.29 is 9.18 Å².